The summed E-state index contributed by atoms with van der Waals surface area (Å²) in [7, 11) is 0. The van der Waals surface area contributed by atoms with Crippen LogP contribution in [0.4, 0.5) is 8.78 Å². The maximum atomic E-state index is 14.2. The molecule has 0 unspecified atom stereocenters. The van der Waals surface area contributed by atoms with Crippen LogP contribution in [0.5, 0.6) is 0 Å². The summed E-state index contributed by atoms with van der Waals surface area (Å²) >= 11 is 0. The van der Waals surface area contributed by atoms with Crippen molar-refractivity contribution in [2.75, 3.05) is 0 Å². The number of aryl methyl sites for hydroxylation is 1. The maximum absolute atomic E-state index is 14.2. The van der Waals surface area contributed by atoms with Crippen molar-refractivity contribution in [3.05, 3.63) is 77.4 Å². The second kappa shape index (κ2) is 6.88. The lowest BCUT2D eigenvalue weighted by molar-refractivity contribution is 0.100. The zero-order chi connectivity index (χ0) is 19.8. The van der Waals surface area contributed by atoms with Crippen LogP contribution in [-0.4, -0.2) is 25.2 Å². The van der Waals surface area contributed by atoms with Gasteiger partial charge in [-0.25, -0.2) is 18.4 Å². The van der Waals surface area contributed by atoms with E-state index in [4.69, 9.17) is 5.73 Å². The van der Waals surface area contributed by atoms with E-state index < -0.39 is 17.5 Å². The Morgan fingerprint density at radius 2 is 1.96 bits per heavy atom. The van der Waals surface area contributed by atoms with Crippen LogP contribution in [0.1, 0.15) is 28.8 Å². The predicted octanol–water partition coefficient (Wildman–Crippen LogP) is 3.21. The van der Waals surface area contributed by atoms with Crippen molar-refractivity contribution in [1.29, 1.82) is 0 Å². The van der Waals surface area contributed by atoms with Gasteiger partial charge in [-0.2, -0.15) is 5.10 Å². The highest BCUT2D eigenvalue weighted by Gasteiger charge is 2.16. The standard InChI is InChI=1S/C20H17F2N5O/c1-2-26-17-6-3-12(20(23)28)9-16(17)25-19(26)11-14-7-8-24-27(14)18-10-13(21)4-5-15(18)22/h3-10H,2,11H2,1H3,(H2,23,28). The van der Waals surface area contributed by atoms with Crippen molar-refractivity contribution < 1.29 is 13.6 Å². The molecule has 142 valence electrons. The molecule has 0 aliphatic carbocycles. The number of carbonyl (C=O) groups excluding carboxylic acids is 1. The van der Waals surface area contributed by atoms with Crippen LogP contribution in [0.3, 0.4) is 0 Å². The summed E-state index contributed by atoms with van der Waals surface area (Å²) in [5.41, 5.74) is 7.94. The van der Waals surface area contributed by atoms with E-state index in [1.807, 2.05) is 11.5 Å². The third-order valence-electron chi connectivity index (χ3n) is 4.62. The Hall–Kier alpha value is -3.55. The minimum absolute atomic E-state index is 0.0372. The van der Waals surface area contributed by atoms with E-state index in [2.05, 4.69) is 10.1 Å². The number of hydrogen-bond donors (Lipinski definition) is 1. The Bertz CT molecular complexity index is 1190. The van der Waals surface area contributed by atoms with Gasteiger partial charge in [-0.15, -0.1) is 0 Å². The largest absolute Gasteiger partial charge is 0.366 e. The number of imidazole rings is 1. The van der Waals surface area contributed by atoms with Gasteiger partial charge in [0.1, 0.15) is 23.1 Å². The van der Waals surface area contributed by atoms with Gasteiger partial charge in [-0.3, -0.25) is 4.79 Å². The lowest BCUT2D eigenvalue weighted by atomic mass is 10.2. The molecule has 4 rings (SSSR count). The van der Waals surface area contributed by atoms with E-state index in [0.717, 1.165) is 29.5 Å². The maximum Gasteiger partial charge on any atom is 0.248 e. The molecule has 0 atom stereocenters. The van der Waals surface area contributed by atoms with Crippen molar-refractivity contribution in [3.63, 3.8) is 0 Å². The molecule has 2 N–H and O–H groups in total. The van der Waals surface area contributed by atoms with Gasteiger partial charge < -0.3 is 10.3 Å². The van der Waals surface area contributed by atoms with Crippen LogP contribution in [0.2, 0.25) is 0 Å². The third kappa shape index (κ3) is 3.02. The number of halogens is 2. The zero-order valence-electron chi connectivity index (χ0n) is 15.1. The molecule has 0 bridgehead atoms. The normalized spacial score (nSPS) is 11.2. The van der Waals surface area contributed by atoms with Crippen LogP contribution in [-0.2, 0) is 13.0 Å². The van der Waals surface area contributed by atoms with E-state index in [1.165, 1.54) is 10.9 Å². The number of hydrogen-bond acceptors (Lipinski definition) is 3. The molecular weight excluding hydrogens is 364 g/mol. The van der Waals surface area contributed by atoms with E-state index in [0.29, 0.717) is 29.7 Å². The number of rotatable bonds is 5. The van der Waals surface area contributed by atoms with Crippen molar-refractivity contribution in [2.45, 2.75) is 19.9 Å². The molecular formula is C20H17F2N5O. The summed E-state index contributed by atoms with van der Waals surface area (Å²) in [5, 5.41) is 4.14. The first-order chi connectivity index (χ1) is 13.5. The fraction of sp³-hybridized carbons (Fsp3) is 0.150. The Kier molecular flexibility index (Phi) is 4.38. The van der Waals surface area contributed by atoms with Crippen LogP contribution in [0, 0.1) is 11.6 Å². The highest BCUT2D eigenvalue weighted by Crippen LogP contribution is 2.22. The zero-order valence-corrected chi connectivity index (χ0v) is 15.1. The summed E-state index contributed by atoms with van der Waals surface area (Å²) in [6.45, 7) is 2.64. The molecule has 2 heterocycles. The Balaban J connectivity index is 1.78. The lowest BCUT2D eigenvalue weighted by Gasteiger charge is -2.10. The molecule has 1 amide bonds. The molecule has 2 aromatic carbocycles. The molecule has 4 aromatic rings. The van der Waals surface area contributed by atoms with Crippen LogP contribution < -0.4 is 5.73 Å². The molecule has 2 aromatic heterocycles. The number of fused-ring (bicyclic) bond motifs is 1. The molecule has 0 spiro atoms. The predicted molar refractivity (Wildman–Crippen MR) is 100 cm³/mol. The van der Waals surface area contributed by atoms with Gasteiger partial charge in [0.25, 0.3) is 0 Å². The van der Waals surface area contributed by atoms with Gasteiger partial charge in [0.05, 0.1) is 16.7 Å². The minimum Gasteiger partial charge on any atom is -0.366 e. The van der Waals surface area contributed by atoms with Crippen molar-refractivity contribution in [3.8, 4) is 5.69 Å². The van der Waals surface area contributed by atoms with Gasteiger partial charge in [-0.05, 0) is 43.3 Å². The SMILES string of the molecule is CCn1c(Cc2ccnn2-c2cc(F)ccc2F)nc2cc(C(N)=O)ccc21. The lowest BCUT2D eigenvalue weighted by Crippen LogP contribution is -2.10. The number of nitrogens with two attached hydrogens (primary N) is 1. The Morgan fingerprint density at radius 3 is 2.71 bits per heavy atom. The highest BCUT2D eigenvalue weighted by atomic mass is 19.1. The van der Waals surface area contributed by atoms with E-state index in [-0.39, 0.29) is 5.69 Å². The average Bonchev–Trinajstić information content (AvgIpc) is 3.27. The number of amides is 1. The van der Waals surface area contributed by atoms with E-state index in [1.54, 1.807) is 24.3 Å². The topological polar surface area (TPSA) is 78.7 Å². The van der Waals surface area contributed by atoms with E-state index in [9.17, 15) is 13.6 Å². The number of nitrogens with zero attached hydrogens (tertiary/aromatic N) is 4. The molecule has 0 fully saturated rings. The molecule has 6 nitrogen and oxygen atoms in total. The first-order valence-corrected chi connectivity index (χ1v) is 8.75. The Labute approximate surface area is 159 Å². The number of primary amides is 1. The van der Waals surface area contributed by atoms with Crippen molar-refractivity contribution in [2.24, 2.45) is 5.73 Å². The highest BCUT2D eigenvalue weighted by molar-refractivity contribution is 5.96. The fourth-order valence-electron chi connectivity index (χ4n) is 3.31. The van der Waals surface area contributed by atoms with Crippen molar-refractivity contribution >= 4 is 16.9 Å². The number of benzene rings is 2. The molecule has 8 heteroatoms. The van der Waals surface area contributed by atoms with Gasteiger partial charge in [0.2, 0.25) is 5.91 Å². The smallest absolute Gasteiger partial charge is 0.248 e. The fourth-order valence-corrected chi connectivity index (χ4v) is 3.31. The average molecular weight is 381 g/mol. The second-order valence-corrected chi connectivity index (χ2v) is 6.35. The summed E-state index contributed by atoms with van der Waals surface area (Å²) in [5.74, 6) is -0.911. The first kappa shape index (κ1) is 17.8. The second-order valence-electron chi connectivity index (χ2n) is 6.35. The number of carbonyl (C=O) groups is 1. The van der Waals surface area contributed by atoms with Gasteiger partial charge in [0.15, 0.2) is 0 Å². The molecule has 0 radical (unpaired) electrons. The quantitative estimate of drug-likeness (QED) is 0.577. The van der Waals surface area contributed by atoms with Crippen LogP contribution in [0.15, 0.2) is 48.7 Å². The molecule has 0 saturated carbocycles. The van der Waals surface area contributed by atoms with E-state index >= 15 is 0 Å². The summed E-state index contributed by atoms with van der Waals surface area (Å²) in [4.78, 5) is 16.1. The summed E-state index contributed by atoms with van der Waals surface area (Å²) in [6.07, 6.45) is 1.88. The first-order valence-electron chi connectivity index (χ1n) is 8.75. The van der Waals surface area contributed by atoms with Crippen LogP contribution in [0.25, 0.3) is 16.7 Å². The summed E-state index contributed by atoms with van der Waals surface area (Å²) < 4.78 is 31.2. The van der Waals surface area contributed by atoms with Gasteiger partial charge in [-0.1, -0.05) is 0 Å². The monoisotopic (exact) mass is 381 g/mol. The van der Waals surface area contributed by atoms with Crippen molar-refractivity contribution in [1.82, 2.24) is 19.3 Å². The third-order valence-corrected chi connectivity index (χ3v) is 4.62. The number of aromatic nitrogens is 4. The Morgan fingerprint density at radius 1 is 1.14 bits per heavy atom. The molecule has 0 saturated heterocycles. The van der Waals surface area contributed by atoms with Gasteiger partial charge in [0, 0.05) is 30.8 Å². The molecule has 28 heavy (non-hydrogen) atoms. The van der Waals surface area contributed by atoms with Gasteiger partial charge >= 0.3 is 0 Å². The molecule has 0 aliphatic heterocycles. The molecule has 0 aliphatic rings. The minimum atomic E-state index is -0.568. The van der Waals surface area contributed by atoms with Crippen LogP contribution >= 0.6 is 0 Å². The summed E-state index contributed by atoms with van der Waals surface area (Å²) in [6, 6.07) is 10.1.